The van der Waals surface area contributed by atoms with Gasteiger partial charge in [-0.3, -0.25) is 9.69 Å². The average Bonchev–Trinajstić information content (AvgIpc) is 2.59. The minimum absolute atomic E-state index is 0.195. The lowest BCUT2D eigenvalue weighted by Crippen LogP contribution is -2.52. The molecule has 1 aromatic rings. The fourth-order valence-electron chi connectivity index (χ4n) is 3.22. The number of aromatic nitrogens is 1. The van der Waals surface area contributed by atoms with Crippen molar-refractivity contribution in [2.45, 2.75) is 32.7 Å². The van der Waals surface area contributed by atoms with E-state index in [0.717, 1.165) is 39.1 Å². The van der Waals surface area contributed by atoms with Gasteiger partial charge in [-0.25, -0.2) is 0 Å². The highest BCUT2D eigenvalue weighted by Crippen LogP contribution is 2.19. The fourth-order valence-corrected chi connectivity index (χ4v) is 3.22. The minimum atomic E-state index is -0.195. The second-order valence-corrected chi connectivity index (χ2v) is 5.95. The summed E-state index contributed by atoms with van der Waals surface area (Å²) in [4.78, 5) is 14.7. The molecule has 0 spiro atoms. The van der Waals surface area contributed by atoms with Crippen molar-refractivity contribution in [2.75, 3.05) is 32.8 Å². The lowest BCUT2D eigenvalue weighted by atomic mass is 9.92. The molecular formula is C17H27N3O3. The number of nitrogens with zero attached hydrogens (tertiary/aromatic N) is 2. The van der Waals surface area contributed by atoms with Gasteiger partial charge in [-0.15, -0.1) is 0 Å². The van der Waals surface area contributed by atoms with E-state index in [2.05, 4.69) is 24.1 Å². The van der Waals surface area contributed by atoms with Gasteiger partial charge < -0.3 is 15.3 Å². The molecule has 0 radical (unpaired) electrons. The number of carbonyl (C=O) groups is 1. The van der Waals surface area contributed by atoms with Crippen molar-refractivity contribution >= 4 is 5.91 Å². The maximum Gasteiger partial charge on any atom is 0.257 e. The molecule has 1 unspecified atom stereocenters. The average molecular weight is 321 g/mol. The zero-order chi connectivity index (χ0) is 16.7. The van der Waals surface area contributed by atoms with Gasteiger partial charge in [0.15, 0.2) is 12.4 Å². The molecule has 1 amide bonds. The van der Waals surface area contributed by atoms with Crippen LogP contribution in [0.25, 0.3) is 0 Å². The van der Waals surface area contributed by atoms with Crippen LogP contribution in [-0.4, -0.2) is 49.7 Å². The molecule has 1 aromatic heterocycles. The molecule has 1 saturated heterocycles. The molecule has 0 bridgehead atoms. The summed E-state index contributed by atoms with van der Waals surface area (Å²) in [5.74, 6) is 0.341. The van der Waals surface area contributed by atoms with E-state index in [0.29, 0.717) is 28.8 Å². The van der Waals surface area contributed by atoms with Crippen LogP contribution in [0.3, 0.4) is 0 Å². The van der Waals surface area contributed by atoms with Gasteiger partial charge in [0, 0.05) is 31.7 Å². The number of pyridine rings is 1. The summed E-state index contributed by atoms with van der Waals surface area (Å²) in [5, 5.41) is 14.3. The summed E-state index contributed by atoms with van der Waals surface area (Å²) in [6.07, 6.45) is 4.84. The molecule has 0 aliphatic carbocycles. The van der Waals surface area contributed by atoms with Gasteiger partial charge in [-0.2, -0.15) is 4.73 Å². The first-order chi connectivity index (χ1) is 11.2. The number of hydrogen-bond acceptors (Lipinski definition) is 4. The lowest BCUT2D eigenvalue weighted by molar-refractivity contribution is -0.605. The minimum Gasteiger partial charge on any atom is -0.619 e. The summed E-state index contributed by atoms with van der Waals surface area (Å²) < 4.78 is 6.09. The molecular weight excluding hydrogens is 294 g/mol. The van der Waals surface area contributed by atoms with Gasteiger partial charge in [0.25, 0.3) is 5.91 Å². The first-order valence-corrected chi connectivity index (χ1v) is 8.44. The Kier molecular flexibility index (Phi) is 6.80. The monoisotopic (exact) mass is 321 g/mol. The Morgan fingerprint density at radius 1 is 1.39 bits per heavy atom. The molecule has 6 nitrogen and oxygen atoms in total. The molecule has 6 heteroatoms. The van der Waals surface area contributed by atoms with Gasteiger partial charge in [-0.1, -0.05) is 26.7 Å². The van der Waals surface area contributed by atoms with Crippen LogP contribution in [0.4, 0.5) is 0 Å². The molecule has 1 atom stereocenters. The highest BCUT2D eigenvalue weighted by molar-refractivity contribution is 5.93. The quantitative estimate of drug-likeness (QED) is 0.605. The van der Waals surface area contributed by atoms with Crippen molar-refractivity contribution in [2.24, 2.45) is 5.92 Å². The maximum absolute atomic E-state index is 12.3. The topological polar surface area (TPSA) is 68.5 Å². The van der Waals surface area contributed by atoms with Crippen molar-refractivity contribution in [1.29, 1.82) is 0 Å². The van der Waals surface area contributed by atoms with E-state index in [-0.39, 0.29) is 5.91 Å². The van der Waals surface area contributed by atoms with Crippen molar-refractivity contribution < 1.29 is 14.3 Å². The number of morpholine rings is 1. The van der Waals surface area contributed by atoms with E-state index < -0.39 is 0 Å². The number of carbonyl (C=O) groups excluding carboxylic acids is 1. The molecule has 23 heavy (non-hydrogen) atoms. The maximum atomic E-state index is 12.3. The van der Waals surface area contributed by atoms with Crippen molar-refractivity contribution in [3.63, 3.8) is 0 Å². The van der Waals surface area contributed by atoms with E-state index in [1.807, 2.05) is 0 Å². The van der Waals surface area contributed by atoms with Crippen molar-refractivity contribution in [1.82, 2.24) is 10.2 Å². The highest BCUT2D eigenvalue weighted by atomic mass is 16.5. The van der Waals surface area contributed by atoms with E-state index in [9.17, 15) is 10.0 Å². The van der Waals surface area contributed by atoms with Gasteiger partial charge in [0.05, 0.1) is 13.2 Å². The van der Waals surface area contributed by atoms with E-state index in [4.69, 9.17) is 4.74 Å². The summed E-state index contributed by atoms with van der Waals surface area (Å²) in [5.41, 5.74) is 0.396. The Morgan fingerprint density at radius 3 is 2.70 bits per heavy atom. The predicted molar refractivity (Wildman–Crippen MR) is 88.0 cm³/mol. The van der Waals surface area contributed by atoms with Gasteiger partial charge in [-0.05, 0) is 12.0 Å². The second-order valence-electron chi connectivity index (χ2n) is 5.95. The Morgan fingerprint density at radius 2 is 2.09 bits per heavy atom. The van der Waals surface area contributed by atoms with Gasteiger partial charge >= 0.3 is 0 Å². The summed E-state index contributed by atoms with van der Waals surface area (Å²) >= 11 is 0. The van der Waals surface area contributed by atoms with Crippen molar-refractivity contribution in [3.8, 4) is 0 Å². The number of ether oxygens (including phenoxy) is 1. The largest absolute Gasteiger partial charge is 0.619 e. The van der Waals surface area contributed by atoms with Gasteiger partial charge in [0.1, 0.15) is 5.56 Å². The van der Waals surface area contributed by atoms with E-state index in [1.54, 1.807) is 12.1 Å². The summed E-state index contributed by atoms with van der Waals surface area (Å²) in [6, 6.07) is 3.55. The van der Waals surface area contributed by atoms with Gasteiger partial charge in [0.2, 0.25) is 0 Å². The fraction of sp³-hybridized carbons (Fsp3) is 0.647. The number of amides is 1. The molecule has 1 N–H and O–H groups in total. The van der Waals surface area contributed by atoms with Crippen LogP contribution in [-0.2, 0) is 4.74 Å². The first-order valence-electron chi connectivity index (χ1n) is 8.44. The summed E-state index contributed by atoms with van der Waals surface area (Å²) in [7, 11) is 0. The van der Waals surface area contributed by atoms with Crippen LogP contribution in [0.5, 0.6) is 0 Å². The molecule has 1 aliphatic heterocycles. The third kappa shape index (κ3) is 4.91. The Labute approximate surface area is 138 Å². The SMILES string of the molecule is CCC(CC)C(CNC(=O)c1ccc[n+]([O-])c1)N1CCOCC1. The van der Waals surface area contributed by atoms with Crippen LogP contribution in [0.1, 0.15) is 37.0 Å². The molecule has 1 aliphatic rings. The Bertz CT molecular complexity index is 500. The number of nitrogens with one attached hydrogen (secondary N) is 1. The molecule has 0 aromatic carbocycles. The van der Waals surface area contributed by atoms with Crippen LogP contribution in [0.15, 0.2) is 24.5 Å². The van der Waals surface area contributed by atoms with Crippen LogP contribution in [0.2, 0.25) is 0 Å². The molecule has 128 valence electrons. The van der Waals surface area contributed by atoms with Crippen LogP contribution in [0, 0.1) is 11.1 Å². The third-order valence-electron chi connectivity index (χ3n) is 4.62. The Hall–Kier alpha value is -1.66. The predicted octanol–water partition coefficient (Wildman–Crippen LogP) is 1.19. The normalized spacial score (nSPS) is 17.2. The molecule has 1 fully saturated rings. The van der Waals surface area contributed by atoms with Crippen LogP contribution < -0.4 is 10.0 Å². The van der Waals surface area contributed by atoms with Crippen LogP contribution >= 0.6 is 0 Å². The standard InChI is InChI=1S/C17H27N3O3/c1-3-14(4-2)16(19-8-10-23-11-9-19)12-18-17(21)15-6-5-7-20(22)13-15/h5-7,13-14,16H,3-4,8-12H2,1-2H3,(H,18,21). The number of hydrogen-bond donors (Lipinski definition) is 1. The second kappa shape index (κ2) is 8.84. The smallest absolute Gasteiger partial charge is 0.257 e. The zero-order valence-corrected chi connectivity index (χ0v) is 14.0. The highest BCUT2D eigenvalue weighted by Gasteiger charge is 2.27. The van der Waals surface area contributed by atoms with E-state index in [1.165, 1.54) is 12.4 Å². The molecule has 2 rings (SSSR count). The van der Waals surface area contributed by atoms with Crippen molar-refractivity contribution in [3.05, 3.63) is 35.3 Å². The first kappa shape index (κ1) is 17.7. The Balaban J connectivity index is 2.00. The molecule has 2 heterocycles. The number of rotatable bonds is 7. The third-order valence-corrected chi connectivity index (χ3v) is 4.62. The molecule has 0 saturated carbocycles. The zero-order valence-electron chi connectivity index (χ0n) is 14.0. The lowest BCUT2D eigenvalue weighted by Gasteiger charge is -2.38. The van der Waals surface area contributed by atoms with E-state index >= 15 is 0 Å². The summed E-state index contributed by atoms with van der Waals surface area (Å²) in [6.45, 7) is 8.30.